The molecule has 0 bridgehead atoms. The molecular formula is CdO2Sn. The third-order valence-electron chi connectivity index (χ3n) is 0. The molecule has 2 radical (unpaired) electrons. The van der Waals surface area contributed by atoms with Gasteiger partial charge in [-0.05, 0) is 0 Å². The van der Waals surface area contributed by atoms with Crippen LogP contribution in [0, 0.1) is 0 Å². The van der Waals surface area contributed by atoms with Gasteiger partial charge in [0.25, 0.3) is 0 Å². The van der Waals surface area contributed by atoms with Gasteiger partial charge in [0.15, 0.2) is 0 Å². The fourth-order valence-corrected chi connectivity index (χ4v) is 0. The number of rotatable bonds is 0. The summed E-state index contributed by atoms with van der Waals surface area (Å²) in [6, 6.07) is 0. The summed E-state index contributed by atoms with van der Waals surface area (Å²) in [7, 11) is 0. The molecule has 0 saturated heterocycles. The summed E-state index contributed by atoms with van der Waals surface area (Å²) in [6.45, 7) is 0. The average molecular weight is 263 g/mol. The van der Waals surface area contributed by atoms with E-state index in [1.807, 2.05) is 0 Å². The molecule has 0 fully saturated rings. The summed E-state index contributed by atoms with van der Waals surface area (Å²) in [5, 5.41) is 0. The van der Waals surface area contributed by atoms with Crippen LogP contribution in [-0.2, 0) is 38.3 Å². The van der Waals surface area contributed by atoms with Crippen molar-refractivity contribution in [1.29, 1.82) is 0 Å². The van der Waals surface area contributed by atoms with Gasteiger partial charge in [0.1, 0.15) is 0 Å². The minimum absolute atomic E-state index is 0. The van der Waals surface area contributed by atoms with Gasteiger partial charge in [0.05, 0.1) is 0 Å². The van der Waals surface area contributed by atoms with E-state index < -0.39 is 0 Å². The van der Waals surface area contributed by atoms with Crippen molar-refractivity contribution < 1.29 is 38.3 Å². The molecule has 0 heterocycles. The van der Waals surface area contributed by atoms with Crippen molar-refractivity contribution in [2.45, 2.75) is 0 Å². The first-order valence-electron chi connectivity index (χ1n) is 0. The Morgan fingerprint density at radius 3 is 0.750 bits per heavy atom. The van der Waals surface area contributed by atoms with Gasteiger partial charge >= 0.3 is 51.2 Å². The average Bonchev–Trinajstić information content (AvgIpc) is 0. The smallest absolute Gasteiger partial charge is 2.00 e. The second-order valence-corrected chi connectivity index (χ2v) is 0. The van der Waals surface area contributed by atoms with Crippen molar-refractivity contribution >= 4 is 23.9 Å². The van der Waals surface area contributed by atoms with Crippen LogP contribution in [0.3, 0.4) is 0 Å². The van der Waals surface area contributed by atoms with Crippen molar-refractivity contribution in [1.82, 2.24) is 0 Å². The van der Waals surface area contributed by atoms with Crippen molar-refractivity contribution in [3.63, 3.8) is 0 Å². The number of hydrogen-bond acceptors (Lipinski definition) is 0. The fourth-order valence-electron chi connectivity index (χ4n) is 0. The maximum atomic E-state index is 0. The Hall–Kier alpha value is 1.64. The minimum Gasteiger partial charge on any atom is -2.00 e. The second kappa shape index (κ2) is 22.8. The van der Waals surface area contributed by atoms with Gasteiger partial charge in [-0.3, -0.25) is 0 Å². The molecule has 0 amide bonds. The summed E-state index contributed by atoms with van der Waals surface area (Å²) in [5.74, 6) is 0. The molecule has 4 heavy (non-hydrogen) atoms. The number of hydrogen-bond donors (Lipinski definition) is 0. The Kier molecular flexibility index (Phi) is 258. The maximum Gasteiger partial charge on any atom is 2.00 e. The van der Waals surface area contributed by atoms with E-state index in [2.05, 4.69) is 0 Å². The second-order valence-electron chi connectivity index (χ2n) is 0. The van der Waals surface area contributed by atoms with E-state index in [-0.39, 0.29) is 62.2 Å². The van der Waals surface area contributed by atoms with Crippen molar-refractivity contribution in [3.8, 4) is 0 Å². The molecular weight excluding hydrogens is 263 g/mol. The van der Waals surface area contributed by atoms with E-state index >= 15 is 0 Å². The molecule has 0 aromatic heterocycles. The summed E-state index contributed by atoms with van der Waals surface area (Å²) < 4.78 is 0. The van der Waals surface area contributed by atoms with Crippen LogP contribution in [0.4, 0.5) is 0 Å². The Balaban J connectivity index is 0. The third kappa shape index (κ3) is 9.43. The van der Waals surface area contributed by atoms with Crippen LogP contribution < -0.4 is 0 Å². The van der Waals surface area contributed by atoms with E-state index in [9.17, 15) is 0 Å². The zero-order valence-electron chi connectivity index (χ0n) is 2.02. The monoisotopic (exact) mass is 266 g/mol. The first-order valence-corrected chi connectivity index (χ1v) is 0. The predicted octanol–water partition coefficient (Wildman–Crippen LogP) is -0.621. The molecule has 2 nitrogen and oxygen atoms in total. The van der Waals surface area contributed by atoms with Crippen LogP contribution in [0.2, 0.25) is 0 Å². The first kappa shape index (κ1) is 45.1. The molecule has 4 heteroatoms. The molecule has 0 unspecified atom stereocenters. The van der Waals surface area contributed by atoms with Crippen molar-refractivity contribution in [2.24, 2.45) is 0 Å². The van der Waals surface area contributed by atoms with Gasteiger partial charge in [-0.1, -0.05) is 0 Å². The van der Waals surface area contributed by atoms with E-state index in [1.54, 1.807) is 0 Å². The summed E-state index contributed by atoms with van der Waals surface area (Å²) >= 11 is 0. The summed E-state index contributed by atoms with van der Waals surface area (Å²) in [5.41, 5.74) is 0. The van der Waals surface area contributed by atoms with E-state index in [0.29, 0.717) is 0 Å². The molecule has 0 N–H and O–H groups in total. The van der Waals surface area contributed by atoms with Crippen molar-refractivity contribution in [3.05, 3.63) is 0 Å². The maximum absolute atomic E-state index is 0. The SMILES string of the molecule is [Cd+2].[O-2].[O-2].[Sn+2]. The van der Waals surface area contributed by atoms with Gasteiger partial charge in [-0.2, -0.15) is 0 Å². The third-order valence-corrected chi connectivity index (χ3v) is 0. The van der Waals surface area contributed by atoms with Gasteiger partial charge in [0.2, 0.25) is 0 Å². The first-order chi connectivity index (χ1) is 0. The molecule has 0 aliphatic carbocycles. The molecule has 0 atom stereocenters. The fraction of sp³-hybridized carbons (Fsp3) is 0. The quantitative estimate of drug-likeness (QED) is 0.523. The standard InChI is InChI=1S/Cd.2O.Sn/q+2;2*-2;+2. The zero-order chi connectivity index (χ0) is 0. The van der Waals surface area contributed by atoms with Crippen LogP contribution in [0.15, 0.2) is 0 Å². The molecule has 18 valence electrons. The Morgan fingerprint density at radius 2 is 0.750 bits per heavy atom. The molecule has 0 saturated carbocycles. The summed E-state index contributed by atoms with van der Waals surface area (Å²) in [4.78, 5) is 0. The van der Waals surface area contributed by atoms with E-state index in [1.165, 1.54) is 0 Å². The van der Waals surface area contributed by atoms with E-state index in [0.717, 1.165) is 0 Å². The van der Waals surface area contributed by atoms with Gasteiger partial charge in [0, 0.05) is 0 Å². The molecule has 0 rings (SSSR count). The topological polar surface area (TPSA) is 57.0 Å². The van der Waals surface area contributed by atoms with Gasteiger partial charge in [-0.15, -0.1) is 0 Å². The Labute approximate surface area is 61.7 Å². The Bertz CT molecular complexity index is 6.00. The van der Waals surface area contributed by atoms with Crippen LogP contribution in [0.25, 0.3) is 0 Å². The predicted molar refractivity (Wildman–Crippen MR) is 7.13 cm³/mol. The van der Waals surface area contributed by atoms with Crippen LogP contribution in [-0.4, -0.2) is 23.9 Å². The Morgan fingerprint density at radius 1 is 0.750 bits per heavy atom. The van der Waals surface area contributed by atoms with Crippen molar-refractivity contribution in [2.75, 3.05) is 0 Å². The largest absolute Gasteiger partial charge is 2.00 e. The zero-order valence-corrected chi connectivity index (χ0v) is 8.91. The molecule has 0 aromatic rings. The van der Waals surface area contributed by atoms with Crippen LogP contribution >= 0.6 is 0 Å². The van der Waals surface area contributed by atoms with E-state index in [4.69, 9.17) is 0 Å². The molecule has 0 spiro atoms. The minimum atomic E-state index is 0. The molecule has 0 aliphatic heterocycles. The van der Waals surface area contributed by atoms with Crippen LogP contribution in [0.5, 0.6) is 0 Å². The van der Waals surface area contributed by atoms with Crippen LogP contribution in [0.1, 0.15) is 0 Å². The summed E-state index contributed by atoms with van der Waals surface area (Å²) in [6.07, 6.45) is 0. The van der Waals surface area contributed by atoms with Gasteiger partial charge in [-0.25, -0.2) is 0 Å². The normalized spacial score (nSPS) is 0. The molecule has 0 aliphatic rings. The van der Waals surface area contributed by atoms with Gasteiger partial charge < -0.3 is 11.0 Å². The molecule has 0 aromatic carbocycles.